The topological polar surface area (TPSA) is 97.5 Å². The molecule has 0 spiro atoms. The van der Waals surface area contributed by atoms with E-state index in [0.717, 1.165) is 17.7 Å². The Kier molecular flexibility index (Phi) is 6.18. The molecule has 3 N–H and O–H groups in total. The number of hydrogen-bond acceptors (Lipinski definition) is 6. The molecular weight excluding hydrogens is 439 g/mol. The van der Waals surface area contributed by atoms with Crippen LogP contribution < -0.4 is 20.1 Å². The van der Waals surface area contributed by atoms with Crippen molar-refractivity contribution in [1.82, 2.24) is 15.3 Å². The monoisotopic (exact) mass is 464 g/mol. The number of amides is 1. The molecular formula is C25H25FN4O4. The van der Waals surface area contributed by atoms with Gasteiger partial charge < -0.3 is 29.8 Å². The first-order valence-electron chi connectivity index (χ1n) is 11.1. The van der Waals surface area contributed by atoms with Crippen molar-refractivity contribution < 1.29 is 23.4 Å². The lowest BCUT2D eigenvalue weighted by molar-refractivity contribution is 0.0932. The lowest BCUT2D eigenvalue weighted by Crippen LogP contribution is -2.35. The number of para-hydroxylation sites is 1. The van der Waals surface area contributed by atoms with Crippen LogP contribution in [0.2, 0.25) is 0 Å². The number of pyridine rings is 1. The Morgan fingerprint density at radius 1 is 1.24 bits per heavy atom. The van der Waals surface area contributed by atoms with Crippen LogP contribution in [0, 0.1) is 5.82 Å². The average molecular weight is 464 g/mol. The number of anilines is 2. The molecule has 0 fully saturated rings. The first-order valence-corrected chi connectivity index (χ1v) is 11.1. The molecule has 4 heterocycles. The molecule has 1 amide bonds. The van der Waals surface area contributed by atoms with E-state index >= 15 is 0 Å². The number of hydrogen-bond donors (Lipinski definition) is 3. The number of rotatable bonds is 3. The van der Waals surface area contributed by atoms with E-state index < -0.39 is 5.82 Å². The molecule has 5 rings (SSSR count). The van der Waals surface area contributed by atoms with Crippen LogP contribution in [0.4, 0.5) is 15.8 Å². The zero-order valence-corrected chi connectivity index (χ0v) is 18.7. The maximum absolute atomic E-state index is 14.4. The Balaban J connectivity index is 1.70. The summed E-state index contributed by atoms with van der Waals surface area (Å²) in [7, 11) is 1.41. The molecule has 34 heavy (non-hydrogen) atoms. The highest BCUT2D eigenvalue weighted by Crippen LogP contribution is 2.44. The third-order valence-corrected chi connectivity index (χ3v) is 5.98. The first-order chi connectivity index (χ1) is 16.7. The van der Waals surface area contributed by atoms with Gasteiger partial charge in [0.25, 0.3) is 5.91 Å². The van der Waals surface area contributed by atoms with E-state index in [4.69, 9.17) is 14.2 Å². The number of fused-ring (bicyclic) bond motifs is 3. The molecule has 2 bridgehead atoms. The number of carbonyl (C=O) groups excluding carboxylic acids is 1. The van der Waals surface area contributed by atoms with Crippen LogP contribution in [-0.2, 0) is 4.74 Å². The number of methoxy groups -OCH3 is 1. The molecule has 9 heteroatoms. The number of ether oxygens (including phenoxy) is 3. The molecule has 0 aliphatic carbocycles. The van der Waals surface area contributed by atoms with Gasteiger partial charge in [-0.25, -0.2) is 4.39 Å². The summed E-state index contributed by atoms with van der Waals surface area (Å²) >= 11 is 0. The highest BCUT2D eigenvalue weighted by Gasteiger charge is 2.33. The van der Waals surface area contributed by atoms with Gasteiger partial charge >= 0.3 is 0 Å². The molecule has 2 aliphatic heterocycles. The number of H-pyrrole nitrogens is 1. The van der Waals surface area contributed by atoms with Crippen LogP contribution in [0.25, 0.3) is 11.3 Å². The second-order valence-electron chi connectivity index (χ2n) is 8.03. The summed E-state index contributed by atoms with van der Waals surface area (Å²) in [4.78, 5) is 20.8. The van der Waals surface area contributed by atoms with Gasteiger partial charge in [-0.3, -0.25) is 9.78 Å². The summed E-state index contributed by atoms with van der Waals surface area (Å²) in [5.74, 6) is -0.0812. The van der Waals surface area contributed by atoms with Crippen LogP contribution in [-0.4, -0.2) is 49.4 Å². The van der Waals surface area contributed by atoms with Gasteiger partial charge in [0.2, 0.25) is 0 Å². The van der Waals surface area contributed by atoms with Crippen molar-refractivity contribution in [2.24, 2.45) is 0 Å². The minimum absolute atomic E-state index is 0.0227. The molecule has 8 nitrogen and oxygen atoms in total. The Morgan fingerprint density at radius 3 is 3.00 bits per heavy atom. The normalized spacial score (nSPS) is 18.6. The highest BCUT2D eigenvalue weighted by atomic mass is 19.1. The SMILES string of the molecule is COc1c(F)cccc1Nc1c2[nH]c3c1C(=O)NCC3CCOC/C=C\COc1cnccc1-2. The molecule has 1 aromatic carbocycles. The Bertz CT molecular complexity index is 1240. The Hall–Kier alpha value is -3.85. The molecule has 0 radical (unpaired) electrons. The predicted octanol–water partition coefficient (Wildman–Crippen LogP) is 4.15. The zero-order chi connectivity index (χ0) is 23.5. The van der Waals surface area contributed by atoms with E-state index in [1.165, 1.54) is 13.2 Å². The van der Waals surface area contributed by atoms with E-state index in [1.54, 1.807) is 24.5 Å². The van der Waals surface area contributed by atoms with Crippen LogP contribution in [0.3, 0.4) is 0 Å². The summed E-state index contributed by atoms with van der Waals surface area (Å²) in [6.07, 6.45) is 7.84. The van der Waals surface area contributed by atoms with Crippen molar-refractivity contribution in [1.29, 1.82) is 0 Å². The number of nitrogens with one attached hydrogen (secondary N) is 3. The number of benzene rings is 1. The summed E-state index contributed by atoms with van der Waals surface area (Å²) in [6.45, 7) is 1.86. The second kappa shape index (κ2) is 9.56. The van der Waals surface area contributed by atoms with Gasteiger partial charge in [-0.15, -0.1) is 0 Å². The standard InChI is InChI=1S/C25H25FN4O4/c1-32-24-17(26)5-4-6-18(24)29-23-20-21-15(13-28-25(20)31)8-12-33-10-2-3-11-34-19-14-27-9-7-16(19)22(23)30-21/h2-7,9,14-15,29-30H,8,10-13H2,1H3,(H,28,31)/b3-2-. The van der Waals surface area contributed by atoms with Gasteiger partial charge in [-0.05, 0) is 30.7 Å². The molecule has 3 aromatic rings. The maximum atomic E-state index is 14.4. The molecule has 1 atom stereocenters. The number of halogens is 1. The summed E-state index contributed by atoms with van der Waals surface area (Å²) in [6, 6.07) is 6.44. The fourth-order valence-corrected chi connectivity index (χ4v) is 4.34. The van der Waals surface area contributed by atoms with E-state index in [2.05, 4.69) is 20.6 Å². The van der Waals surface area contributed by atoms with Gasteiger partial charge in [0.15, 0.2) is 11.6 Å². The number of nitrogens with zero attached hydrogens (tertiary/aromatic N) is 1. The van der Waals surface area contributed by atoms with E-state index in [1.807, 2.05) is 18.2 Å². The molecule has 0 saturated heterocycles. The van der Waals surface area contributed by atoms with Crippen LogP contribution in [0.15, 0.2) is 48.8 Å². The van der Waals surface area contributed by atoms with Crippen molar-refractivity contribution in [2.75, 3.05) is 38.8 Å². The molecule has 176 valence electrons. The molecule has 1 unspecified atom stereocenters. The maximum Gasteiger partial charge on any atom is 0.255 e. The minimum Gasteiger partial charge on any atom is -0.492 e. The van der Waals surface area contributed by atoms with Crippen molar-refractivity contribution in [3.8, 4) is 22.8 Å². The van der Waals surface area contributed by atoms with Crippen LogP contribution in [0.1, 0.15) is 28.4 Å². The Morgan fingerprint density at radius 2 is 2.12 bits per heavy atom. The largest absolute Gasteiger partial charge is 0.492 e. The van der Waals surface area contributed by atoms with Gasteiger partial charge in [0, 0.05) is 36.5 Å². The predicted molar refractivity (Wildman–Crippen MR) is 125 cm³/mol. The fraction of sp³-hybridized carbons (Fsp3) is 0.280. The smallest absolute Gasteiger partial charge is 0.255 e. The summed E-state index contributed by atoms with van der Waals surface area (Å²) in [5.41, 5.74) is 3.59. The number of aromatic nitrogens is 2. The highest BCUT2D eigenvalue weighted by molar-refractivity contribution is 6.07. The van der Waals surface area contributed by atoms with Gasteiger partial charge in [-0.1, -0.05) is 12.1 Å². The van der Waals surface area contributed by atoms with E-state index in [0.29, 0.717) is 54.7 Å². The van der Waals surface area contributed by atoms with Gasteiger partial charge in [0.05, 0.1) is 42.5 Å². The second-order valence-corrected chi connectivity index (χ2v) is 8.03. The first kappa shape index (κ1) is 22.0. The van der Waals surface area contributed by atoms with E-state index in [9.17, 15) is 9.18 Å². The molecule has 2 aromatic heterocycles. The lowest BCUT2D eigenvalue weighted by atomic mass is 9.93. The van der Waals surface area contributed by atoms with Gasteiger partial charge in [0.1, 0.15) is 12.4 Å². The summed E-state index contributed by atoms with van der Waals surface area (Å²) < 4.78 is 31.4. The van der Waals surface area contributed by atoms with Crippen molar-refractivity contribution in [3.63, 3.8) is 0 Å². The van der Waals surface area contributed by atoms with Crippen molar-refractivity contribution in [3.05, 3.63) is 65.9 Å². The molecule has 2 aliphatic rings. The van der Waals surface area contributed by atoms with E-state index in [-0.39, 0.29) is 17.6 Å². The zero-order valence-electron chi connectivity index (χ0n) is 18.7. The fourth-order valence-electron chi connectivity index (χ4n) is 4.34. The molecule has 0 saturated carbocycles. The third-order valence-electron chi connectivity index (χ3n) is 5.98. The lowest BCUT2D eigenvalue weighted by Gasteiger charge is -2.23. The summed E-state index contributed by atoms with van der Waals surface area (Å²) in [5, 5.41) is 6.25. The third kappa shape index (κ3) is 4.10. The minimum atomic E-state index is -0.504. The van der Waals surface area contributed by atoms with Crippen LogP contribution >= 0.6 is 0 Å². The number of aromatic amines is 1. The quantitative estimate of drug-likeness (QED) is 0.504. The van der Waals surface area contributed by atoms with Crippen LogP contribution in [0.5, 0.6) is 11.5 Å². The number of carbonyl (C=O) groups is 1. The van der Waals surface area contributed by atoms with Crippen molar-refractivity contribution in [2.45, 2.75) is 12.3 Å². The van der Waals surface area contributed by atoms with Gasteiger partial charge in [-0.2, -0.15) is 0 Å². The average Bonchev–Trinajstić information content (AvgIpc) is 3.22. The van der Waals surface area contributed by atoms with Crippen molar-refractivity contribution >= 4 is 17.3 Å². The Labute approximate surface area is 196 Å².